The molecule has 0 saturated carbocycles. The zero-order chi connectivity index (χ0) is 9.97. The Morgan fingerprint density at radius 1 is 1.21 bits per heavy atom. The fourth-order valence-electron chi connectivity index (χ4n) is 2.43. The zero-order valence-electron chi connectivity index (χ0n) is 9.11. The maximum Gasteiger partial charge on any atom is 0.0368 e. The Hall–Kier alpha value is -0.980. The van der Waals surface area contributed by atoms with Crippen LogP contribution in [-0.2, 0) is 0 Å². The minimum Gasteiger partial charge on any atom is -0.368 e. The summed E-state index contributed by atoms with van der Waals surface area (Å²) in [6, 6.07) is 11.5. The van der Waals surface area contributed by atoms with Crippen LogP contribution in [0.2, 0.25) is 0 Å². The molecule has 0 spiro atoms. The lowest BCUT2D eigenvalue weighted by Crippen LogP contribution is -2.33. The van der Waals surface area contributed by atoms with E-state index in [4.69, 9.17) is 0 Å². The van der Waals surface area contributed by atoms with E-state index in [0.717, 1.165) is 12.0 Å². The summed E-state index contributed by atoms with van der Waals surface area (Å²) in [5.41, 5.74) is 1.39. The van der Waals surface area contributed by atoms with Crippen molar-refractivity contribution in [1.29, 1.82) is 0 Å². The van der Waals surface area contributed by atoms with E-state index in [0.29, 0.717) is 0 Å². The highest BCUT2D eigenvalue weighted by Gasteiger charge is 2.26. The highest BCUT2D eigenvalue weighted by molar-refractivity contribution is 5.48. The number of para-hydroxylation sites is 1. The first-order valence-corrected chi connectivity index (χ1v) is 5.60. The van der Waals surface area contributed by atoms with Crippen LogP contribution in [0.15, 0.2) is 30.3 Å². The summed E-state index contributed by atoms with van der Waals surface area (Å²) in [5, 5.41) is 0. The van der Waals surface area contributed by atoms with Crippen LogP contribution in [0.4, 0.5) is 5.69 Å². The van der Waals surface area contributed by atoms with Crippen LogP contribution in [0.3, 0.4) is 0 Å². The molecule has 0 aliphatic carbocycles. The monoisotopic (exact) mass is 189 g/mol. The molecule has 1 aromatic rings. The van der Waals surface area contributed by atoms with Gasteiger partial charge in [0.05, 0.1) is 0 Å². The van der Waals surface area contributed by atoms with Crippen LogP contribution in [0.5, 0.6) is 0 Å². The SMILES string of the molecule is CC(C)C1CCCN1c1ccccc1. The van der Waals surface area contributed by atoms with Crippen LogP contribution in [0.25, 0.3) is 0 Å². The summed E-state index contributed by atoms with van der Waals surface area (Å²) in [4.78, 5) is 2.56. The van der Waals surface area contributed by atoms with Crippen LogP contribution >= 0.6 is 0 Å². The lowest BCUT2D eigenvalue weighted by Gasteiger charge is -2.29. The van der Waals surface area contributed by atoms with E-state index in [1.807, 2.05) is 0 Å². The number of nitrogens with zero attached hydrogens (tertiary/aromatic N) is 1. The minimum absolute atomic E-state index is 0.748. The largest absolute Gasteiger partial charge is 0.368 e. The summed E-state index contributed by atoms with van der Waals surface area (Å²) in [6.45, 7) is 5.88. The van der Waals surface area contributed by atoms with Crippen molar-refractivity contribution in [3.05, 3.63) is 30.3 Å². The smallest absolute Gasteiger partial charge is 0.0368 e. The Bertz CT molecular complexity index is 279. The Morgan fingerprint density at radius 3 is 2.57 bits per heavy atom. The molecule has 1 atom stereocenters. The minimum atomic E-state index is 0.748. The molecule has 1 aliphatic rings. The third-order valence-electron chi connectivity index (χ3n) is 3.16. The van der Waals surface area contributed by atoms with Crippen LogP contribution in [0, 0.1) is 5.92 Å². The molecule has 14 heavy (non-hydrogen) atoms. The van der Waals surface area contributed by atoms with Gasteiger partial charge < -0.3 is 4.90 Å². The van der Waals surface area contributed by atoms with Crippen molar-refractivity contribution in [2.24, 2.45) is 5.92 Å². The molecule has 0 radical (unpaired) electrons. The average Bonchev–Trinajstić information content (AvgIpc) is 2.67. The third kappa shape index (κ3) is 1.77. The van der Waals surface area contributed by atoms with Gasteiger partial charge in [0.2, 0.25) is 0 Å². The molecule has 1 saturated heterocycles. The third-order valence-corrected chi connectivity index (χ3v) is 3.16. The van der Waals surface area contributed by atoms with E-state index < -0.39 is 0 Å². The molecule has 1 unspecified atom stereocenters. The van der Waals surface area contributed by atoms with Gasteiger partial charge in [-0.1, -0.05) is 32.0 Å². The number of anilines is 1. The van der Waals surface area contributed by atoms with Gasteiger partial charge in [0.15, 0.2) is 0 Å². The Labute approximate surface area is 86.7 Å². The van der Waals surface area contributed by atoms with Gasteiger partial charge in [0.25, 0.3) is 0 Å². The predicted octanol–water partition coefficient (Wildman–Crippen LogP) is 3.31. The van der Waals surface area contributed by atoms with Gasteiger partial charge >= 0.3 is 0 Å². The van der Waals surface area contributed by atoms with E-state index in [1.54, 1.807) is 0 Å². The van der Waals surface area contributed by atoms with Crippen LogP contribution < -0.4 is 4.90 Å². The van der Waals surface area contributed by atoms with Gasteiger partial charge in [-0.25, -0.2) is 0 Å². The van der Waals surface area contributed by atoms with Crippen molar-refractivity contribution in [2.75, 3.05) is 11.4 Å². The number of hydrogen-bond donors (Lipinski definition) is 0. The molecule has 1 aliphatic heterocycles. The number of rotatable bonds is 2. The maximum absolute atomic E-state index is 2.56. The van der Waals surface area contributed by atoms with Crippen molar-refractivity contribution in [3.63, 3.8) is 0 Å². The molecule has 0 bridgehead atoms. The summed E-state index contributed by atoms with van der Waals surface area (Å²) >= 11 is 0. The van der Waals surface area contributed by atoms with Crippen molar-refractivity contribution in [1.82, 2.24) is 0 Å². The summed E-state index contributed by atoms with van der Waals surface area (Å²) in [5.74, 6) is 0.762. The molecule has 0 amide bonds. The lowest BCUT2D eigenvalue weighted by atomic mass is 10.0. The van der Waals surface area contributed by atoms with Crippen molar-refractivity contribution in [3.8, 4) is 0 Å². The first-order valence-electron chi connectivity index (χ1n) is 5.60. The van der Waals surface area contributed by atoms with Crippen molar-refractivity contribution in [2.45, 2.75) is 32.7 Å². The molecule has 0 aromatic heterocycles. The Balaban J connectivity index is 2.18. The summed E-state index contributed by atoms with van der Waals surface area (Å²) in [6.07, 6.45) is 2.70. The molecule has 1 heteroatoms. The van der Waals surface area contributed by atoms with Gasteiger partial charge in [-0.05, 0) is 30.9 Å². The standard InChI is InChI=1S/C13H19N/c1-11(2)13-9-6-10-14(13)12-7-4-3-5-8-12/h3-5,7-8,11,13H,6,9-10H2,1-2H3. The van der Waals surface area contributed by atoms with E-state index in [-0.39, 0.29) is 0 Å². The summed E-state index contributed by atoms with van der Waals surface area (Å²) in [7, 11) is 0. The van der Waals surface area contributed by atoms with E-state index in [9.17, 15) is 0 Å². The van der Waals surface area contributed by atoms with Gasteiger partial charge in [0.1, 0.15) is 0 Å². The second-order valence-electron chi connectivity index (χ2n) is 4.48. The first-order chi connectivity index (χ1) is 6.79. The lowest BCUT2D eigenvalue weighted by molar-refractivity contribution is 0.492. The zero-order valence-corrected chi connectivity index (χ0v) is 9.11. The molecular formula is C13H19N. The molecule has 1 fully saturated rings. The Morgan fingerprint density at radius 2 is 1.93 bits per heavy atom. The van der Waals surface area contributed by atoms with E-state index in [2.05, 4.69) is 49.1 Å². The van der Waals surface area contributed by atoms with Crippen LogP contribution in [0.1, 0.15) is 26.7 Å². The molecule has 1 nitrogen and oxygen atoms in total. The van der Waals surface area contributed by atoms with Gasteiger partial charge in [-0.3, -0.25) is 0 Å². The molecule has 2 rings (SSSR count). The quantitative estimate of drug-likeness (QED) is 0.690. The van der Waals surface area contributed by atoms with Crippen molar-refractivity contribution < 1.29 is 0 Å². The van der Waals surface area contributed by atoms with Crippen LogP contribution in [-0.4, -0.2) is 12.6 Å². The van der Waals surface area contributed by atoms with Gasteiger partial charge in [0, 0.05) is 18.3 Å². The van der Waals surface area contributed by atoms with E-state index in [1.165, 1.54) is 25.1 Å². The fraction of sp³-hybridized carbons (Fsp3) is 0.538. The molecule has 1 heterocycles. The number of hydrogen-bond acceptors (Lipinski definition) is 1. The van der Waals surface area contributed by atoms with E-state index >= 15 is 0 Å². The highest BCUT2D eigenvalue weighted by Crippen LogP contribution is 2.29. The molecule has 1 aromatic carbocycles. The topological polar surface area (TPSA) is 3.24 Å². The summed E-state index contributed by atoms with van der Waals surface area (Å²) < 4.78 is 0. The molecule has 0 N–H and O–H groups in total. The normalized spacial score (nSPS) is 21.9. The second-order valence-corrected chi connectivity index (χ2v) is 4.48. The number of benzene rings is 1. The van der Waals surface area contributed by atoms with Gasteiger partial charge in [-0.15, -0.1) is 0 Å². The first kappa shape index (κ1) is 9.57. The Kier molecular flexibility index (Phi) is 2.76. The molecule has 76 valence electrons. The average molecular weight is 189 g/mol. The second kappa shape index (κ2) is 4.04. The van der Waals surface area contributed by atoms with Gasteiger partial charge in [-0.2, -0.15) is 0 Å². The highest BCUT2D eigenvalue weighted by atomic mass is 15.2. The fourth-order valence-corrected chi connectivity index (χ4v) is 2.43. The predicted molar refractivity (Wildman–Crippen MR) is 61.6 cm³/mol. The van der Waals surface area contributed by atoms with Crippen molar-refractivity contribution >= 4 is 5.69 Å². The molecular weight excluding hydrogens is 170 g/mol. The maximum atomic E-state index is 2.56.